The second kappa shape index (κ2) is 15.6. The molecule has 0 unspecified atom stereocenters. The van der Waals surface area contributed by atoms with Crippen LogP contribution in [0.3, 0.4) is 0 Å². The number of aliphatic hydroxyl groups excluding tert-OH is 3. The fraction of sp³-hybridized carbons (Fsp3) is 0.905. The molecule has 1 saturated heterocycles. The summed E-state index contributed by atoms with van der Waals surface area (Å²) >= 11 is 0. The largest absolute Gasteiger partial charge is 0.394 e. The van der Waals surface area contributed by atoms with Crippen molar-refractivity contribution in [3.05, 3.63) is 12.2 Å². The molecule has 0 radical (unpaired) electrons. The van der Waals surface area contributed by atoms with Crippen LogP contribution in [0.1, 0.15) is 77.6 Å². The minimum atomic E-state index is -0.987. The number of allylic oxidation sites excluding steroid dienone is 2. The number of ether oxygens (including phenoxy) is 2. The highest BCUT2D eigenvalue weighted by molar-refractivity contribution is 4.88. The van der Waals surface area contributed by atoms with E-state index in [1.165, 1.54) is 51.4 Å². The highest BCUT2D eigenvalue weighted by Crippen LogP contribution is 2.19. The summed E-state index contributed by atoms with van der Waals surface area (Å²) in [7, 11) is 0. The van der Waals surface area contributed by atoms with E-state index >= 15 is 0 Å². The molecule has 0 spiro atoms. The molecule has 5 nitrogen and oxygen atoms in total. The molecule has 0 bridgehead atoms. The van der Waals surface area contributed by atoms with Crippen molar-refractivity contribution in [2.75, 3.05) is 19.8 Å². The molecule has 3 N–H and O–H groups in total. The summed E-state index contributed by atoms with van der Waals surface area (Å²) in [5.74, 6) is 0. The maximum absolute atomic E-state index is 9.80. The van der Waals surface area contributed by atoms with Crippen molar-refractivity contribution in [3.8, 4) is 0 Å². The number of rotatable bonds is 16. The Morgan fingerprint density at radius 2 is 1.58 bits per heavy atom. The lowest BCUT2D eigenvalue weighted by Gasteiger charge is -2.24. The average molecular weight is 373 g/mol. The first kappa shape index (κ1) is 23.6. The highest BCUT2D eigenvalue weighted by atomic mass is 16.6. The Bertz CT molecular complexity index is 347. The quantitative estimate of drug-likeness (QED) is 0.286. The number of hydrogen-bond acceptors (Lipinski definition) is 5. The monoisotopic (exact) mass is 372 g/mol. The lowest BCUT2D eigenvalue weighted by molar-refractivity contribution is -0.101. The van der Waals surface area contributed by atoms with E-state index in [1.807, 2.05) is 0 Å². The molecule has 1 rings (SSSR count). The van der Waals surface area contributed by atoms with Crippen molar-refractivity contribution in [3.63, 3.8) is 0 Å². The average Bonchev–Trinajstić information content (AvgIpc) is 2.98. The third kappa shape index (κ3) is 10.0. The van der Waals surface area contributed by atoms with Crippen LogP contribution in [0.25, 0.3) is 0 Å². The van der Waals surface area contributed by atoms with Crippen LogP contribution in [0.15, 0.2) is 12.2 Å². The predicted molar refractivity (Wildman–Crippen MR) is 104 cm³/mol. The van der Waals surface area contributed by atoms with Gasteiger partial charge in [-0.05, 0) is 25.7 Å². The Labute approximate surface area is 159 Å². The molecule has 4 atom stereocenters. The van der Waals surface area contributed by atoms with Gasteiger partial charge in [-0.3, -0.25) is 0 Å². The van der Waals surface area contributed by atoms with Gasteiger partial charge in [0.05, 0.1) is 13.2 Å². The van der Waals surface area contributed by atoms with Crippen molar-refractivity contribution in [1.82, 2.24) is 0 Å². The summed E-state index contributed by atoms with van der Waals surface area (Å²) in [5.41, 5.74) is 0. The van der Waals surface area contributed by atoms with Crippen LogP contribution < -0.4 is 0 Å². The molecule has 1 heterocycles. The van der Waals surface area contributed by atoms with Gasteiger partial charge >= 0.3 is 0 Å². The van der Waals surface area contributed by atoms with E-state index in [9.17, 15) is 15.3 Å². The molecular formula is C21H40O5. The Morgan fingerprint density at radius 1 is 0.962 bits per heavy atom. The lowest BCUT2D eigenvalue weighted by Crippen LogP contribution is -2.42. The van der Waals surface area contributed by atoms with Crippen molar-refractivity contribution in [1.29, 1.82) is 0 Å². The zero-order valence-corrected chi connectivity index (χ0v) is 16.5. The normalized spacial score (nSPS) is 24.5. The molecule has 0 aliphatic carbocycles. The smallest absolute Gasteiger partial charge is 0.114 e. The van der Waals surface area contributed by atoms with E-state index in [2.05, 4.69) is 19.1 Å². The fourth-order valence-electron chi connectivity index (χ4n) is 3.27. The first-order chi connectivity index (χ1) is 12.7. The predicted octanol–water partition coefficient (Wildman–Crippen LogP) is 3.35. The summed E-state index contributed by atoms with van der Waals surface area (Å²) < 4.78 is 10.9. The van der Waals surface area contributed by atoms with Crippen LogP contribution in [-0.2, 0) is 9.47 Å². The van der Waals surface area contributed by atoms with Gasteiger partial charge in [0.1, 0.15) is 24.4 Å². The first-order valence-electron chi connectivity index (χ1n) is 10.6. The minimum Gasteiger partial charge on any atom is -0.394 e. The Morgan fingerprint density at radius 3 is 2.15 bits per heavy atom. The molecule has 0 saturated carbocycles. The van der Waals surface area contributed by atoms with E-state index < -0.39 is 24.4 Å². The Hall–Kier alpha value is -0.460. The van der Waals surface area contributed by atoms with E-state index in [1.54, 1.807) is 0 Å². The number of unbranched alkanes of at least 4 members (excludes halogenated alkanes) is 9. The van der Waals surface area contributed by atoms with Gasteiger partial charge in [-0.15, -0.1) is 0 Å². The minimum absolute atomic E-state index is 0.0904. The molecule has 1 aliphatic rings. The van der Waals surface area contributed by atoms with Gasteiger partial charge in [0.15, 0.2) is 0 Å². The maximum atomic E-state index is 9.80. The number of hydrogen-bond donors (Lipinski definition) is 3. The van der Waals surface area contributed by atoms with Gasteiger partial charge < -0.3 is 24.8 Å². The van der Waals surface area contributed by atoms with E-state index in [0.29, 0.717) is 6.61 Å². The van der Waals surface area contributed by atoms with E-state index in [4.69, 9.17) is 9.47 Å². The number of aliphatic hydroxyl groups is 3. The SMILES string of the molecule is CCCCCCCCCC/C=C/CCCO[C@@H](CO)[C@H]1OC[C@@H](O)[C@H]1O. The summed E-state index contributed by atoms with van der Waals surface area (Å²) in [6.07, 6.45) is 15.1. The van der Waals surface area contributed by atoms with Crippen LogP contribution in [0.2, 0.25) is 0 Å². The van der Waals surface area contributed by atoms with E-state index in [-0.39, 0.29) is 13.2 Å². The van der Waals surface area contributed by atoms with Crippen LogP contribution in [0, 0.1) is 0 Å². The summed E-state index contributed by atoms with van der Waals surface area (Å²) in [4.78, 5) is 0. The molecule has 1 aliphatic heterocycles. The molecule has 0 aromatic heterocycles. The molecule has 154 valence electrons. The topological polar surface area (TPSA) is 79.2 Å². The zero-order chi connectivity index (χ0) is 19.0. The van der Waals surface area contributed by atoms with Crippen LogP contribution >= 0.6 is 0 Å². The van der Waals surface area contributed by atoms with E-state index in [0.717, 1.165) is 19.3 Å². The van der Waals surface area contributed by atoms with Crippen LogP contribution in [-0.4, -0.2) is 59.6 Å². The molecule has 26 heavy (non-hydrogen) atoms. The van der Waals surface area contributed by atoms with Crippen molar-refractivity contribution in [2.24, 2.45) is 0 Å². The highest BCUT2D eigenvalue weighted by Gasteiger charge is 2.40. The van der Waals surface area contributed by atoms with Gasteiger partial charge in [0, 0.05) is 6.61 Å². The fourth-order valence-corrected chi connectivity index (χ4v) is 3.27. The van der Waals surface area contributed by atoms with Gasteiger partial charge in [0.2, 0.25) is 0 Å². The Balaban J connectivity index is 1.94. The van der Waals surface area contributed by atoms with Gasteiger partial charge in [-0.1, -0.05) is 64.0 Å². The Kier molecular flexibility index (Phi) is 14.1. The molecule has 1 fully saturated rings. The summed E-state index contributed by atoms with van der Waals surface area (Å²) in [6, 6.07) is 0. The standard InChI is InChI=1S/C21H40O5/c1-2-3-4-5-6-7-8-9-10-11-12-13-14-15-25-19(16-22)21-20(24)18(23)17-26-21/h11-12,18-24H,2-10,13-17H2,1H3/b12-11+/t18-,19+,20-,21-/m1/s1. The molecular weight excluding hydrogens is 332 g/mol. The van der Waals surface area contributed by atoms with Crippen molar-refractivity contribution in [2.45, 2.75) is 102 Å². The summed E-state index contributed by atoms with van der Waals surface area (Å²) in [6.45, 7) is 2.63. The van der Waals surface area contributed by atoms with Crippen LogP contribution in [0.5, 0.6) is 0 Å². The maximum Gasteiger partial charge on any atom is 0.114 e. The molecule has 5 heteroatoms. The lowest BCUT2D eigenvalue weighted by atomic mass is 10.1. The molecule has 0 aromatic carbocycles. The third-order valence-electron chi connectivity index (χ3n) is 4.97. The first-order valence-corrected chi connectivity index (χ1v) is 10.6. The van der Waals surface area contributed by atoms with Gasteiger partial charge in [-0.25, -0.2) is 0 Å². The zero-order valence-electron chi connectivity index (χ0n) is 16.5. The third-order valence-corrected chi connectivity index (χ3v) is 4.97. The molecule has 0 aromatic rings. The second-order valence-electron chi connectivity index (χ2n) is 7.32. The van der Waals surface area contributed by atoms with Gasteiger partial charge in [-0.2, -0.15) is 0 Å². The van der Waals surface area contributed by atoms with Crippen LogP contribution in [0.4, 0.5) is 0 Å². The summed E-state index contributed by atoms with van der Waals surface area (Å²) in [5, 5.41) is 28.7. The molecule has 0 amide bonds. The van der Waals surface area contributed by atoms with Crippen molar-refractivity contribution < 1.29 is 24.8 Å². The van der Waals surface area contributed by atoms with Crippen molar-refractivity contribution >= 4 is 0 Å². The second-order valence-corrected chi connectivity index (χ2v) is 7.32. The van der Waals surface area contributed by atoms with Gasteiger partial charge in [0.25, 0.3) is 0 Å².